The molecule has 118 valence electrons. The molecule has 0 saturated carbocycles. The van der Waals surface area contributed by atoms with E-state index < -0.39 is 0 Å². The van der Waals surface area contributed by atoms with Gasteiger partial charge in [0.2, 0.25) is 11.8 Å². The van der Waals surface area contributed by atoms with Crippen molar-refractivity contribution in [2.24, 2.45) is 0 Å². The minimum atomic E-state index is 0.255. The van der Waals surface area contributed by atoms with Crippen LogP contribution in [-0.2, 0) is 11.3 Å². The van der Waals surface area contributed by atoms with Gasteiger partial charge >= 0.3 is 0 Å². The lowest BCUT2D eigenvalue weighted by Crippen LogP contribution is -2.30. The number of amides is 1. The second-order valence-corrected chi connectivity index (χ2v) is 6.40. The Morgan fingerprint density at radius 2 is 2.14 bits per heavy atom. The van der Waals surface area contributed by atoms with Gasteiger partial charge in [-0.15, -0.1) is 0 Å². The number of carbonyl (C=O) groups is 1. The summed E-state index contributed by atoms with van der Waals surface area (Å²) in [5.74, 6) is 0.923. The first-order chi connectivity index (χ1) is 10.1. The second kappa shape index (κ2) is 7.61. The van der Waals surface area contributed by atoms with Crippen molar-refractivity contribution in [1.82, 2.24) is 15.2 Å². The van der Waals surface area contributed by atoms with E-state index in [9.17, 15) is 4.79 Å². The molecule has 2 heterocycles. The van der Waals surface area contributed by atoms with E-state index in [1.807, 2.05) is 23.9 Å². The van der Waals surface area contributed by atoms with Crippen LogP contribution in [0.1, 0.15) is 24.1 Å². The van der Waals surface area contributed by atoms with Gasteiger partial charge in [-0.2, -0.15) is 4.98 Å². The summed E-state index contributed by atoms with van der Waals surface area (Å²) in [6, 6.07) is 0. The average molecular weight is 312 g/mol. The van der Waals surface area contributed by atoms with Gasteiger partial charge in [0.1, 0.15) is 0 Å². The van der Waals surface area contributed by atoms with Crippen LogP contribution in [0.5, 0.6) is 5.88 Å². The van der Waals surface area contributed by atoms with Crippen LogP contribution in [0.3, 0.4) is 0 Å². The van der Waals surface area contributed by atoms with Gasteiger partial charge in [-0.05, 0) is 12.8 Å². The minimum Gasteiger partial charge on any atom is -0.480 e. The smallest absolute Gasteiger partial charge is 0.230 e. The first-order valence-electron chi connectivity index (χ1n) is 7.31. The zero-order valence-electron chi connectivity index (χ0n) is 13.0. The van der Waals surface area contributed by atoms with Gasteiger partial charge in [0.05, 0.1) is 12.0 Å². The predicted molar refractivity (Wildman–Crippen MR) is 85.1 cm³/mol. The van der Waals surface area contributed by atoms with Crippen molar-refractivity contribution in [3.8, 4) is 5.88 Å². The van der Waals surface area contributed by atoms with Crippen LogP contribution in [0.25, 0.3) is 0 Å². The van der Waals surface area contributed by atoms with Crippen LogP contribution in [0, 0.1) is 0 Å². The monoisotopic (exact) mass is 312 g/mol. The molecule has 2 rings (SSSR count). The minimum absolute atomic E-state index is 0.255. The van der Waals surface area contributed by atoms with E-state index in [2.05, 4.69) is 10.3 Å². The molecule has 0 spiro atoms. The number of ether oxygens (including phenoxy) is 1. The fraction of sp³-hybridized carbons (Fsp3) is 0.714. The molecular weight excluding hydrogens is 288 g/mol. The highest BCUT2D eigenvalue weighted by atomic mass is 32.1. The third-order valence-electron chi connectivity index (χ3n) is 3.49. The number of hydrogen-bond donors (Lipinski definition) is 1. The molecule has 0 bridgehead atoms. The van der Waals surface area contributed by atoms with E-state index in [-0.39, 0.29) is 5.91 Å². The maximum absolute atomic E-state index is 11.9. The summed E-state index contributed by atoms with van der Waals surface area (Å²) in [5.41, 5.74) is 0. The van der Waals surface area contributed by atoms with Gasteiger partial charge in [-0.25, -0.2) is 0 Å². The number of nitrogens with one attached hydrogen (secondary N) is 1. The fourth-order valence-corrected chi connectivity index (χ4v) is 3.23. The third-order valence-corrected chi connectivity index (χ3v) is 4.69. The largest absolute Gasteiger partial charge is 0.480 e. The maximum atomic E-state index is 11.9. The van der Waals surface area contributed by atoms with Gasteiger partial charge in [0.15, 0.2) is 5.13 Å². The molecule has 0 radical (unpaired) electrons. The van der Waals surface area contributed by atoms with Crippen LogP contribution >= 0.6 is 11.3 Å². The molecule has 7 heteroatoms. The number of thiazole rings is 1. The maximum Gasteiger partial charge on any atom is 0.230 e. The number of nitrogens with zero attached hydrogens (tertiary/aromatic N) is 3. The molecule has 1 aromatic rings. The lowest BCUT2D eigenvalue weighted by molar-refractivity contribution is -0.130. The first kappa shape index (κ1) is 16.0. The van der Waals surface area contributed by atoms with Crippen molar-refractivity contribution in [2.45, 2.75) is 25.8 Å². The normalized spacial score (nSPS) is 14.5. The van der Waals surface area contributed by atoms with Gasteiger partial charge in [0, 0.05) is 46.7 Å². The van der Waals surface area contributed by atoms with Crippen LogP contribution in [0.2, 0.25) is 0 Å². The molecule has 21 heavy (non-hydrogen) atoms. The highest BCUT2D eigenvalue weighted by Gasteiger charge is 2.17. The number of aromatic nitrogens is 1. The molecule has 1 aliphatic rings. The summed E-state index contributed by atoms with van der Waals surface area (Å²) in [4.78, 5) is 21.3. The van der Waals surface area contributed by atoms with Gasteiger partial charge < -0.3 is 19.9 Å². The quantitative estimate of drug-likeness (QED) is 0.770. The van der Waals surface area contributed by atoms with Crippen molar-refractivity contribution >= 4 is 22.4 Å². The van der Waals surface area contributed by atoms with Gasteiger partial charge in [-0.1, -0.05) is 11.3 Å². The summed E-state index contributed by atoms with van der Waals surface area (Å²) in [7, 11) is 5.56. The fourth-order valence-electron chi connectivity index (χ4n) is 2.31. The molecular formula is C14H24N4O2S. The summed E-state index contributed by atoms with van der Waals surface area (Å²) >= 11 is 1.61. The Morgan fingerprint density at radius 3 is 2.76 bits per heavy atom. The molecule has 1 aliphatic heterocycles. The molecule has 0 unspecified atom stereocenters. The summed E-state index contributed by atoms with van der Waals surface area (Å²) < 4.78 is 5.29. The molecule has 1 saturated heterocycles. The third kappa shape index (κ3) is 4.31. The van der Waals surface area contributed by atoms with E-state index in [4.69, 9.17) is 4.74 Å². The zero-order valence-corrected chi connectivity index (χ0v) is 13.8. The zero-order chi connectivity index (χ0) is 15.2. The van der Waals surface area contributed by atoms with E-state index in [0.717, 1.165) is 35.9 Å². The Labute approximate surface area is 130 Å². The number of rotatable bonds is 7. The molecule has 6 nitrogen and oxygen atoms in total. The van der Waals surface area contributed by atoms with E-state index in [0.29, 0.717) is 25.4 Å². The summed E-state index contributed by atoms with van der Waals surface area (Å²) in [6.45, 7) is 3.22. The van der Waals surface area contributed by atoms with E-state index in [1.165, 1.54) is 0 Å². The van der Waals surface area contributed by atoms with Crippen molar-refractivity contribution in [3.05, 3.63) is 4.88 Å². The number of hydrogen-bond acceptors (Lipinski definition) is 6. The molecule has 1 N–H and O–H groups in total. The Balaban J connectivity index is 1.76. The standard InChI is InChI=1S/C14H24N4O2S/c1-17(2)14-16-13(20-3)11(21-14)10-15-7-6-12(19)18-8-4-5-9-18/h15H,4-10H2,1-3H3. The molecule has 1 amide bonds. The topological polar surface area (TPSA) is 57.7 Å². The second-order valence-electron chi connectivity index (χ2n) is 5.34. The van der Waals surface area contributed by atoms with Crippen LogP contribution in [0.15, 0.2) is 0 Å². The summed E-state index contributed by atoms with van der Waals surface area (Å²) in [6.07, 6.45) is 2.84. The molecule has 1 aromatic heterocycles. The summed E-state index contributed by atoms with van der Waals surface area (Å²) in [5, 5.41) is 4.24. The number of methoxy groups -OCH3 is 1. The van der Waals surface area contributed by atoms with Crippen LogP contribution in [-0.4, -0.2) is 56.6 Å². The number of anilines is 1. The van der Waals surface area contributed by atoms with E-state index >= 15 is 0 Å². The average Bonchev–Trinajstić information content (AvgIpc) is 3.12. The first-order valence-corrected chi connectivity index (χ1v) is 8.13. The lowest BCUT2D eigenvalue weighted by Gasteiger charge is -2.15. The highest BCUT2D eigenvalue weighted by molar-refractivity contribution is 7.15. The van der Waals surface area contributed by atoms with Gasteiger partial charge in [0.25, 0.3) is 0 Å². The molecule has 0 aromatic carbocycles. The van der Waals surface area contributed by atoms with Gasteiger partial charge in [-0.3, -0.25) is 4.79 Å². The highest BCUT2D eigenvalue weighted by Crippen LogP contribution is 2.30. The van der Waals surface area contributed by atoms with Crippen molar-refractivity contribution in [1.29, 1.82) is 0 Å². The number of carbonyl (C=O) groups excluding carboxylic acids is 1. The Hall–Kier alpha value is -1.34. The SMILES string of the molecule is COc1nc(N(C)C)sc1CNCCC(=O)N1CCCC1. The molecule has 1 fully saturated rings. The molecule has 0 aliphatic carbocycles. The Morgan fingerprint density at radius 1 is 1.43 bits per heavy atom. The van der Waals surface area contributed by atoms with Crippen LogP contribution in [0.4, 0.5) is 5.13 Å². The van der Waals surface area contributed by atoms with Crippen molar-refractivity contribution < 1.29 is 9.53 Å². The van der Waals surface area contributed by atoms with E-state index in [1.54, 1.807) is 18.4 Å². The Bertz CT molecular complexity index is 470. The molecule has 0 atom stereocenters. The van der Waals surface area contributed by atoms with Crippen molar-refractivity contribution in [2.75, 3.05) is 45.7 Å². The van der Waals surface area contributed by atoms with Crippen molar-refractivity contribution in [3.63, 3.8) is 0 Å². The predicted octanol–water partition coefficient (Wildman–Crippen LogP) is 1.32. The lowest BCUT2D eigenvalue weighted by atomic mass is 10.3. The van der Waals surface area contributed by atoms with Crippen LogP contribution < -0.4 is 15.0 Å². The Kier molecular flexibility index (Phi) is 5.81. The number of likely N-dealkylation sites (tertiary alicyclic amines) is 1.